The summed E-state index contributed by atoms with van der Waals surface area (Å²) in [6.07, 6.45) is 12.3. The van der Waals surface area contributed by atoms with E-state index in [-0.39, 0.29) is 23.9 Å². The fourth-order valence-electron chi connectivity index (χ4n) is 8.66. The third-order valence-electron chi connectivity index (χ3n) is 12.2. The number of aromatic nitrogens is 2. The quantitative estimate of drug-likeness (QED) is 0.262. The van der Waals surface area contributed by atoms with E-state index in [1.54, 1.807) is 24.8 Å². The van der Waals surface area contributed by atoms with Crippen LogP contribution >= 0.6 is 11.6 Å². The maximum atomic E-state index is 14.8. The minimum atomic E-state index is -3.55. The van der Waals surface area contributed by atoms with Gasteiger partial charge in [0.25, 0.3) is 5.91 Å². The zero-order valence-electron chi connectivity index (χ0n) is 31.3. The van der Waals surface area contributed by atoms with Crippen LogP contribution in [0.15, 0.2) is 65.2 Å². The van der Waals surface area contributed by atoms with E-state index in [4.69, 9.17) is 21.1 Å². The monoisotopic (exact) mass is 761 g/mol. The summed E-state index contributed by atoms with van der Waals surface area (Å²) in [4.78, 5) is 29.9. The number of fused-ring (bicyclic) bond motifs is 4. The van der Waals surface area contributed by atoms with Gasteiger partial charge in [-0.25, -0.2) is 4.21 Å². The Morgan fingerprint density at radius 2 is 2.02 bits per heavy atom. The smallest absolute Gasteiger partial charge is 0.286 e. The average molecular weight is 762 g/mol. The van der Waals surface area contributed by atoms with Crippen molar-refractivity contribution in [2.45, 2.75) is 95.5 Å². The molecule has 2 aliphatic carbocycles. The molecule has 1 spiro atoms. The van der Waals surface area contributed by atoms with E-state index in [2.05, 4.69) is 43.4 Å². The molecule has 2 bridgehead atoms. The number of halogens is 1. The second-order valence-corrected chi connectivity index (χ2v) is 18.2. The SMILES string of the molecule is CCn1ccc(CCC(=O)NS2(=O)=NC(=O)c3ccc4c(c3)N(C[C@@H]3CC[C@H]3[C@@H](OC)/C=C/C[C@H](C)[C@H]2C)C[C@@]2(CCCc3cc(Cl)ccc32)CO4)n1. The molecule has 7 rings (SSSR count). The molecule has 2 aliphatic heterocycles. The van der Waals surface area contributed by atoms with Crippen LogP contribution in [0.5, 0.6) is 5.75 Å². The lowest BCUT2D eigenvalue weighted by Crippen LogP contribution is -2.49. The molecule has 4 aliphatic rings. The number of hydrogen-bond donors (Lipinski definition) is 1. The first kappa shape index (κ1) is 37.6. The van der Waals surface area contributed by atoms with E-state index in [9.17, 15) is 13.8 Å². The molecule has 0 saturated heterocycles. The molecule has 53 heavy (non-hydrogen) atoms. The van der Waals surface area contributed by atoms with Gasteiger partial charge >= 0.3 is 0 Å². The summed E-state index contributed by atoms with van der Waals surface area (Å²) in [7, 11) is -1.77. The summed E-state index contributed by atoms with van der Waals surface area (Å²) in [6.45, 7) is 8.53. The summed E-state index contributed by atoms with van der Waals surface area (Å²) in [5.74, 6) is 0.223. The third kappa shape index (κ3) is 7.80. The van der Waals surface area contributed by atoms with E-state index in [1.165, 1.54) is 11.1 Å². The van der Waals surface area contributed by atoms with Crippen LogP contribution < -0.4 is 14.4 Å². The highest BCUT2D eigenvalue weighted by molar-refractivity contribution is 7.93. The number of nitrogens with zero attached hydrogens (tertiary/aromatic N) is 4. The van der Waals surface area contributed by atoms with Crippen LogP contribution in [0.2, 0.25) is 5.02 Å². The number of anilines is 1. The zero-order valence-corrected chi connectivity index (χ0v) is 32.8. The second-order valence-electron chi connectivity index (χ2n) is 15.5. The van der Waals surface area contributed by atoms with Crippen molar-refractivity contribution in [1.29, 1.82) is 0 Å². The predicted octanol–water partition coefficient (Wildman–Crippen LogP) is 7.33. The molecule has 0 radical (unpaired) electrons. The van der Waals surface area contributed by atoms with Gasteiger partial charge in [-0.15, -0.1) is 4.36 Å². The number of benzene rings is 2. The van der Waals surface area contributed by atoms with Crippen molar-refractivity contribution >= 4 is 39.0 Å². The molecule has 3 aromatic rings. The van der Waals surface area contributed by atoms with Gasteiger partial charge in [0.2, 0.25) is 5.91 Å². The van der Waals surface area contributed by atoms with Crippen LogP contribution in [-0.4, -0.2) is 64.0 Å². The summed E-state index contributed by atoms with van der Waals surface area (Å²) >= 11 is 6.47. The Hall–Kier alpha value is -3.67. The average Bonchev–Trinajstić information content (AvgIpc) is 3.55. The van der Waals surface area contributed by atoms with E-state index in [0.717, 1.165) is 68.1 Å². The van der Waals surface area contributed by atoms with Gasteiger partial charge in [0, 0.05) is 61.8 Å². The molecule has 1 saturated carbocycles. The fraction of sp³-hybridized carbons (Fsp3) is 0.537. The lowest BCUT2D eigenvalue weighted by Gasteiger charge is -2.46. The number of carbonyl (C=O) groups is 2. The molecule has 2 amide bonds. The molecule has 1 unspecified atom stereocenters. The number of nitrogens with one attached hydrogen (secondary N) is 1. The van der Waals surface area contributed by atoms with Crippen LogP contribution in [0.25, 0.3) is 0 Å². The Morgan fingerprint density at radius 1 is 1.17 bits per heavy atom. The van der Waals surface area contributed by atoms with E-state index < -0.39 is 27.0 Å². The van der Waals surface area contributed by atoms with Crippen molar-refractivity contribution < 1.29 is 23.3 Å². The number of carbonyl (C=O) groups excluding carboxylic acids is 2. The van der Waals surface area contributed by atoms with Gasteiger partial charge in [-0.05, 0) is 118 Å². The molecule has 284 valence electrons. The summed E-state index contributed by atoms with van der Waals surface area (Å²) in [5, 5.41) is 4.59. The first-order valence-corrected chi connectivity index (χ1v) is 21.1. The number of rotatable bonds is 6. The number of methoxy groups -OCH3 is 1. The Kier molecular flexibility index (Phi) is 11.1. The van der Waals surface area contributed by atoms with Crippen LogP contribution in [0.1, 0.15) is 86.5 Å². The van der Waals surface area contributed by atoms with Crippen molar-refractivity contribution in [3.05, 3.63) is 88.2 Å². The van der Waals surface area contributed by atoms with E-state index in [1.807, 2.05) is 44.3 Å². The summed E-state index contributed by atoms with van der Waals surface area (Å²) in [6, 6.07) is 13.5. The first-order valence-electron chi connectivity index (χ1n) is 19.1. The Labute approximate surface area is 319 Å². The minimum Gasteiger partial charge on any atom is -0.490 e. The highest BCUT2D eigenvalue weighted by atomic mass is 35.5. The highest BCUT2D eigenvalue weighted by Gasteiger charge is 2.44. The van der Waals surface area contributed by atoms with Crippen LogP contribution in [-0.2, 0) is 44.2 Å². The molecule has 3 heterocycles. The van der Waals surface area contributed by atoms with E-state index >= 15 is 0 Å². The molecule has 1 N–H and O–H groups in total. The fourth-order valence-corrected chi connectivity index (χ4v) is 10.8. The van der Waals surface area contributed by atoms with Gasteiger partial charge < -0.3 is 14.4 Å². The lowest BCUT2D eigenvalue weighted by atomic mass is 9.68. The number of hydrogen-bond acceptors (Lipinski definition) is 7. The number of ether oxygens (including phenoxy) is 2. The van der Waals surface area contributed by atoms with Gasteiger partial charge in [0.05, 0.1) is 29.3 Å². The van der Waals surface area contributed by atoms with Crippen molar-refractivity contribution in [3.63, 3.8) is 0 Å². The third-order valence-corrected chi connectivity index (χ3v) is 14.8. The molecule has 10 nitrogen and oxygen atoms in total. The standard InChI is InChI=1S/C41H52ClN5O5S/c1-5-47-21-19-33(43-47)14-18-39(48)44-53(50)28(3)27(2)8-6-10-37(51-4)34-15-11-31(34)24-46-25-41(20-7-9-29-22-32(42)13-16-35(29)41)26-52-38-17-12-30(23-36(38)46)40(49)45-53/h6,10,12-13,16-17,19,21-23,27-28,31,34,37H,5,7-9,11,14-15,18,20,24-26H2,1-4H3,(H,44,45,48,49,50)/b10-6+/t27-,28+,31-,34+,37-,41-,53?/m0/s1. The molecule has 1 fully saturated rings. The van der Waals surface area contributed by atoms with E-state index in [0.29, 0.717) is 42.6 Å². The van der Waals surface area contributed by atoms with Gasteiger partial charge in [-0.3, -0.25) is 19.0 Å². The maximum absolute atomic E-state index is 14.8. The topological polar surface area (TPSA) is 115 Å². The molecule has 1 aromatic heterocycles. The molecule has 12 heteroatoms. The van der Waals surface area contributed by atoms with Gasteiger partial charge in [0.15, 0.2) is 0 Å². The number of aryl methyl sites for hydroxylation is 3. The van der Waals surface area contributed by atoms with Gasteiger partial charge in [-0.2, -0.15) is 5.10 Å². The summed E-state index contributed by atoms with van der Waals surface area (Å²) < 4.78 is 36.5. The highest BCUT2D eigenvalue weighted by Crippen LogP contribution is 2.47. The van der Waals surface area contributed by atoms with Crippen molar-refractivity contribution in [2.75, 3.05) is 31.7 Å². The first-order chi connectivity index (χ1) is 25.5. The van der Waals surface area contributed by atoms with Crippen LogP contribution in [0.4, 0.5) is 5.69 Å². The number of allylic oxidation sites excluding steroid dienone is 1. The van der Waals surface area contributed by atoms with Gasteiger partial charge in [-0.1, -0.05) is 36.7 Å². The maximum Gasteiger partial charge on any atom is 0.286 e. The number of amides is 2. The largest absolute Gasteiger partial charge is 0.490 e. The molecular weight excluding hydrogens is 710 g/mol. The minimum absolute atomic E-state index is 0.0591. The second kappa shape index (κ2) is 15.6. The molecule has 7 atom stereocenters. The van der Waals surface area contributed by atoms with Crippen molar-refractivity contribution in [2.24, 2.45) is 22.1 Å². The Morgan fingerprint density at radius 3 is 2.77 bits per heavy atom. The predicted molar refractivity (Wildman–Crippen MR) is 209 cm³/mol. The van der Waals surface area contributed by atoms with Gasteiger partial charge in [0.1, 0.15) is 15.7 Å². The Balaban J connectivity index is 1.26. The summed E-state index contributed by atoms with van der Waals surface area (Å²) in [5.41, 5.74) is 4.20. The Bertz CT molecular complexity index is 2010. The van der Waals surface area contributed by atoms with Crippen LogP contribution in [0, 0.1) is 17.8 Å². The van der Waals surface area contributed by atoms with Crippen LogP contribution in [0.3, 0.4) is 0 Å². The lowest BCUT2D eigenvalue weighted by molar-refractivity contribution is -0.119. The normalized spacial score (nSPS) is 30.5. The molecular formula is C41H52ClN5O5S. The molecule has 2 aromatic carbocycles. The van der Waals surface area contributed by atoms with Crippen molar-refractivity contribution in [1.82, 2.24) is 14.5 Å². The zero-order chi connectivity index (χ0) is 37.3. The van der Waals surface area contributed by atoms with Crippen molar-refractivity contribution in [3.8, 4) is 5.75 Å².